The summed E-state index contributed by atoms with van der Waals surface area (Å²) in [5.41, 5.74) is 1.29. The molecule has 1 aliphatic heterocycles. The molecule has 144 valence electrons. The number of aliphatic imine (C=N–C) groups is 1. The molecule has 6 nitrogen and oxygen atoms in total. The van der Waals surface area contributed by atoms with Crippen molar-refractivity contribution in [3.63, 3.8) is 0 Å². The minimum atomic E-state index is -0.937. The Kier molecular flexibility index (Phi) is 4.11. The second-order valence-corrected chi connectivity index (χ2v) is 9.07. The average molecular weight is 391 g/mol. The van der Waals surface area contributed by atoms with Gasteiger partial charge in [-0.1, -0.05) is 50.6 Å². The van der Waals surface area contributed by atoms with Gasteiger partial charge in [-0.2, -0.15) is 0 Å². The van der Waals surface area contributed by atoms with Crippen LogP contribution in [0.1, 0.15) is 45.1 Å². The van der Waals surface area contributed by atoms with Crippen molar-refractivity contribution in [2.24, 2.45) is 21.7 Å². The predicted octanol–water partition coefficient (Wildman–Crippen LogP) is 3.89. The fourth-order valence-electron chi connectivity index (χ4n) is 5.34. The van der Waals surface area contributed by atoms with Crippen molar-refractivity contribution in [1.82, 2.24) is 0 Å². The Bertz CT molecular complexity index is 852. The normalized spacial score (nSPS) is 34.6. The zero-order chi connectivity index (χ0) is 19.6. The topological polar surface area (TPSA) is 81.8 Å². The van der Waals surface area contributed by atoms with E-state index in [0.717, 1.165) is 18.6 Å². The summed E-state index contributed by atoms with van der Waals surface area (Å²) in [6.45, 7) is 6.17. The third-order valence-corrected chi connectivity index (χ3v) is 7.64. The fraction of sp³-hybridized carbons (Fsp3) is 0.600. The maximum atomic E-state index is 12.8. The van der Waals surface area contributed by atoms with Crippen LogP contribution in [-0.2, 0) is 9.53 Å². The minimum absolute atomic E-state index is 0.0192. The molecule has 0 unspecified atom stereocenters. The van der Waals surface area contributed by atoms with Crippen LogP contribution in [0.25, 0.3) is 0 Å². The van der Waals surface area contributed by atoms with Crippen molar-refractivity contribution in [2.45, 2.75) is 51.7 Å². The van der Waals surface area contributed by atoms with Gasteiger partial charge < -0.3 is 4.74 Å². The largest absolute Gasteiger partial charge is 0.454 e. The number of carbonyl (C=O) groups excluding carboxylic acids is 1. The predicted molar refractivity (Wildman–Crippen MR) is 102 cm³/mol. The second kappa shape index (κ2) is 6.03. The molecule has 1 aromatic carbocycles. The number of nitrogens with zero attached hydrogens (tertiary/aromatic N) is 2. The van der Waals surface area contributed by atoms with E-state index in [9.17, 15) is 14.9 Å². The quantitative estimate of drug-likeness (QED) is 0.443. The van der Waals surface area contributed by atoms with E-state index in [0.29, 0.717) is 10.6 Å². The van der Waals surface area contributed by atoms with Gasteiger partial charge in [0.25, 0.3) is 0 Å². The third kappa shape index (κ3) is 2.53. The molecule has 2 bridgehead atoms. The van der Waals surface area contributed by atoms with Crippen molar-refractivity contribution >= 4 is 23.3 Å². The van der Waals surface area contributed by atoms with Gasteiger partial charge in [-0.25, -0.2) is 4.79 Å². The first-order valence-electron chi connectivity index (χ1n) is 9.31. The lowest BCUT2D eigenvalue weighted by atomic mass is 9.70. The van der Waals surface area contributed by atoms with Gasteiger partial charge in [0.2, 0.25) is 6.54 Å². The number of nitro groups is 1. The smallest absolute Gasteiger partial charge is 0.332 e. The number of fused-ring (bicyclic) bond motifs is 5. The highest BCUT2D eigenvalue weighted by Gasteiger charge is 2.67. The zero-order valence-electron chi connectivity index (χ0n) is 15.6. The number of carbonyl (C=O) groups is 1. The minimum Gasteiger partial charge on any atom is -0.454 e. The molecule has 1 heterocycles. The maximum Gasteiger partial charge on any atom is 0.332 e. The van der Waals surface area contributed by atoms with E-state index in [2.05, 4.69) is 20.8 Å². The zero-order valence-corrected chi connectivity index (χ0v) is 16.4. The highest BCUT2D eigenvalue weighted by Crippen LogP contribution is 2.65. The van der Waals surface area contributed by atoms with Gasteiger partial charge in [0.15, 0.2) is 6.04 Å². The Balaban J connectivity index is 1.79. The summed E-state index contributed by atoms with van der Waals surface area (Å²) in [5, 5.41) is 11.7. The lowest BCUT2D eigenvalue weighted by molar-refractivity contribution is -0.483. The molecule has 0 amide bonds. The monoisotopic (exact) mass is 390 g/mol. The van der Waals surface area contributed by atoms with Crippen molar-refractivity contribution < 1.29 is 14.5 Å². The first-order valence-corrected chi connectivity index (χ1v) is 9.69. The summed E-state index contributed by atoms with van der Waals surface area (Å²) < 4.78 is 5.85. The van der Waals surface area contributed by atoms with Gasteiger partial charge in [-0.15, -0.1) is 0 Å². The molecule has 2 aliphatic carbocycles. The number of benzene rings is 1. The number of hydrogen-bond donors (Lipinski definition) is 0. The van der Waals surface area contributed by atoms with E-state index in [1.165, 1.54) is 0 Å². The Labute approximate surface area is 163 Å². The van der Waals surface area contributed by atoms with E-state index in [1.807, 2.05) is 0 Å². The van der Waals surface area contributed by atoms with Crippen molar-refractivity contribution in [3.8, 4) is 0 Å². The molecule has 0 saturated heterocycles. The molecule has 1 aromatic rings. The van der Waals surface area contributed by atoms with Crippen LogP contribution < -0.4 is 0 Å². The summed E-state index contributed by atoms with van der Waals surface area (Å²) in [5.74, 6) is -0.983. The summed E-state index contributed by atoms with van der Waals surface area (Å²) in [6.07, 6.45) is 1.70. The van der Waals surface area contributed by atoms with Crippen LogP contribution in [0.3, 0.4) is 0 Å². The Morgan fingerprint density at radius 2 is 2.07 bits per heavy atom. The van der Waals surface area contributed by atoms with Crippen LogP contribution in [0.5, 0.6) is 0 Å². The molecule has 0 N–H and O–H groups in total. The molecule has 3 aliphatic rings. The summed E-state index contributed by atoms with van der Waals surface area (Å²) in [7, 11) is 0. The van der Waals surface area contributed by atoms with Crippen molar-refractivity contribution in [1.29, 1.82) is 0 Å². The van der Waals surface area contributed by atoms with Crippen LogP contribution >= 0.6 is 11.6 Å². The summed E-state index contributed by atoms with van der Waals surface area (Å²) >= 11 is 6.29. The Hall–Kier alpha value is -1.95. The number of esters is 1. The fourth-order valence-corrected chi connectivity index (χ4v) is 5.61. The van der Waals surface area contributed by atoms with E-state index >= 15 is 0 Å². The van der Waals surface area contributed by atoms with Gasteiger partial charge >= 0.3 is 5.97 Å². The highest BCUT2D eigenvalue weighted by molar-refractivity contribution is 6.31. The first kappa shape index (κ1) is 18.4. The molecular weight excluding hydrogens is 368 g/mol. The summed E-state index contributed by atoms with van der Waals surface area (Å²) in [4.78, 5) is 28.6. The van der Waals surface area contributed by atoms with E-state index < -0.39 is 29.4 Å². The van der Waals surface area contributed by atoms with Crippen LogP contribution in [0.15, 0.2) is 29.3 Å². The van der Waals surface area contributed by atoms with Crippen LogP contribution in [-0.4, -0.2) is 35.3 Å². The molecule has 4 rings (SSSR count). The van der Waals surface area contributed by atoms with Crippen molar-refractivity contribution in [2.75, 3.05) is 6.54 Å². The lowest BCUT2D eigenvalue weighted by Crippen LogP contribution is -2.47. The van der Waals surface area contributed by atoms with Gasteiger partial charge in [-0.05, 0) is 29.9 Å². The third-order valence-electron chi connectivity index (χ3n) is 7.30. The molecule has 2 saturated carbocycles. The lowest BCUT2D eigenvalue weighted by Gasteiger charge is -2.37. The van der Waals surface area contributed by atoms with Gasteiger partial charge in [0, 0.05) is 21.3 Å². The maximum absolute atomic E-state index is 12.8. The first-order chi connectivity index (χ1) is 12.7. The molecule has 5 atom stereocenters. The molecule has 7 heteroatoms. The van der Waals surface area contributed by atoms with E-state index in [1.54, 1.807) is 24.3 Å². The molecule has 2 fully saturated rings. The molecule has 0 radical (unpaired) electrons. The number of hydrogen-bond acceptors (Lipinski definition) is 5. The van der Waals surface area contributed by atoms with E-state index in [4.69, 9.17) is 21.3 Å². The van der Waals surface area contributed by atoms with E-state index in [-0.39, 0.29) is 22.9 Å². The standard InChI is InChI=1S/C20H23ClN2O4/c1-19(2)13-8-9-20(19,3)17-16(13)27-18(24)15(22-17)12(10-23(25)26)11-6-4-5-7-14(11)21/h4-7,12-13,15-16H,8-10H2,1-3H3/t12-,13-,15+,16-,20+/m1/s1. The van der Waals surface area contributed by atoms with Gasteiger partial charge in [-0.3, -0.25) is 15.1 Å². The SMILES string of the molecule is CC1(C)[C@@H]2CC[C@@]1(C)C1=N[C@@H]([C@H](C[N+](=O)[O-])c3ccccc3Cl)C(=O)O[C@@H]12. The second-order valence-electron chi connectivity index (χ2n) is 8.66. The van der Waals surface area contributed by atoms with Gasteiger partial charge in [0.05, 0.1) is 11.6 Å². The highest BCUT2D eigenvalue weighted by atomic mass is 35.5. The van der Waals surface area contributed by atoms with Crippen LogP contribution in [0, 0.1) is 26.9 Å². The Morgan fingerprint density at radius 1 is 1.37 bits per heavy atom. The number of rotatable bonds is 4. The number of ether oxygens (including phenoxy) is 1. The average Bonchev–Trinajstić information content (AvgIpc) is 2.91. The van der Waals surface area contributed by atoms with Gasteiger partial charge in [0.1, 0.15) is 6.10 Å². The molecule has 27 heavy (non-hydrogen) atoms. The number of halogens is 1. The molecular formula is C20H23ClN2O4. The van der Waals surface area contributed by atoms with Crippen LogP contribution in [0.4, 0.5) is 0 Å². The molecule has 0 aromatic heterocycles. The Morgan fingerprint density at radius 3 is 2.74 bits per heavy atom. The van der Waals surface area contributed by atoms with Crippen LogP contribution in [0.2, 0.25) is 5.02 Å². The van der Waals surface area contributed by atoms with Crippen molar-refractivity contribution in [3.05, 3.63) is 45.0 Å². The molecule has 0 spiro atoms. The summed E-state index contributed by atoms with van der Waals surface area (Å²) in [6, 6.07) is 5.99.